The molecule has 6 nitrogen and oxygen atoms in total. The molecule has 1 aliphatic carbocycles. The number of rotatable bonds is 8. The van der Waals surface area contributed by atoms with E-state index < -0.39 is 16.1 Å². The van der Waals surface area contributed by atoms with Gasteiger partial charge in [-0.25, -0.2) is 12.8 Å². The zero-order chi connectivity index (χ0) is 21.2. The van der Waals surface area contributed by atoms with Crippen molar-refractivity contribution in [3.8, 4) is 5.75 Å². The lowest BCUT2D eigenvalue weighted by atomic mass is 10.0. The van der Waals surface area contributed by atoms with E-state index >= 15 is 0 Å². The maximum atomic E-state index is 13.4. The maximum Gasteiger partial charge on any atom is 0.241 e. The summed E-state index contributed by atoms with van der Waals surface area (Å²) in [4.78, 5) is 12.8. The Bertz CT molecular complexity index is 976. The SMILES string of the molecule is COc1ccc(S(=O)(=O)N[C@H](C(=O)NC2CC2c2cccc(F)c2)C(C)C)cc1. The van der Waals surface area contributed by atoms with E-state index in [0.29, 0.717) is 12.2 Å². The average Bonchev–Trinajstić information content (AvgIpc) is 3.45. The van der Waals surface area contributed by atoms with Crippen molar-refractivity contribution in [2.45, 2.75) is 43.2 Å². The fraction of sp³-hybridized carbons (Fsp3) is 0.381. The highest BCUT2D eigenvalue weighted by Gasteiger charge is 2.41. The molecule has 2 aromatic carbocycles. The minimum absolute atomic E-state index is 0.0423. The highest BCUT2D eigenvalue weighted by Crippen LogP contribution is 2.41. The third-order valence-electron chi connectivity index (χ3n) is 5.00. The summed E-state index contributed by atoms with van der Waals surface area (Å²) >= 11 is 0. The van der Waals surface area contributed by atoms with Gasteiger partial charge in [-0.05, 0) is 54.3 Å². The number of amides is 1. The van der Waals surface area contributed by atoms with Crippen molar-refractivity contribution in [1.82, 2.24) is 10.0 Å². The number of nitrogens with one attached hydrogen (secondary N) is 2. The Labute approximate surface area is 170 Å². The lowest BCUT2D eigenvalue weighted by Gasteiger charge is -2.22. The van der Waals surface area contributed by atoms with Crippen molar-refractivity contribution < 1.29 is 22.3 Å². The third-order valence-corrected chi connectivity index (χ3v) is 6.45. The third kappa shape index (κ3) is 5.13. The fourth-order valence-corrected chi connectivity index (χ4v) is 4.56. The molecule has 0 saturated heterocycles. The number of hydrogen-bond donors (Lipinski definition) is 2. The number of hydrogen-bond acceptors (Lipinski definition) is 4. The molecule has 1 fully saturated rings. The molecule has 2 N–H and O–H groups in total. The van der Waals surface area contributed by atoms with Crippen LogP contribution in [0.15, 0.2) is 53.4 Å². The molecule has 0 spiro atoms. The smallest absolute Gasteiger partial charge is 0.241 e. The van der Waals surface area contributed by atoms with Gasteiger partial charge >= 0.3 is 0 Å². The normalized spacial score (nSPS) is 19.6. The van der Waals surface area contributed by atoms with Crippen LogP contribution >= 0.6 is 0 Å². The first kappa shape index (κ1) is 21.3. The Morgan fingerprint density at radius 3 is 2.45 bits per heavy atom. The van der Waals surface area contributed by atoms with Crippen LogP contribution in [-0.4, -0.2) is 33.5 Å². The number of halogens is 1. The zero-order valence-electron chi connectivity index (χ0n) is 16.6. The Morgan fingerprint density at radius 2 is 1.86 bits per heavy atom. The zero-order valence-corrected chi connectivity index (χ0v) is 17.4. The van der Waals surface area contributed by atoms with Crippen LogP contribution in [0, 0.1) is 11.7 Å². The van der Waals surface area contributed by atoms with E-state index in [1.54, 1.807) is 32.0 Å². The Balaban J connectivity index is 1.67. The first-order valence-corrected chi connectivity index (χ1v) is 10.9. The molecule has 156 valence electrons. The molecule has 3 rings (SSSR count). The second-order valence-electron chi connectivity index (χ2n) is 7.53. The molecule has 1 aliphatic rings. The molecule has 1 amide bonds. The fourth-order valence-electron chi connectivity index (χ4n) is 3.22. The summed E-state index contributed by atoms with van der Waals surface area (Å²) in [6.45, 7) is 3.55. The van der Waals surface area contributed by atoms with Crippen LogP contribution in [0.25, 0.3) is 0 Å². The summed E-state index contributed by atoms with van der Waals surface area (Å²) in [6, 6.07) is 11.2. The van der Waals surface area contributed by atoms with Crippen molar-refractivity contribution in [1.29, 1.82) is 0 Å². The van der Waals surface area contributed by atoms with Crippen molar-refractivity contribution in [2.24, 2.45) is 5.92 Å². The van der Waals surface area contributed by atoms with Crippen molar-refractivity contribution in [3.05, 3.63) is 59.9 Å². The number of benzene rings is 2. The number of carbonyl (C=O) groups excluding carboxylic acids is 1. The highest BCUT2D eigenvalue weighted by atomic mass is 32.2. The number of sulfonamides is 1. The van der Waals surface area contributed by atoms with E-state index in [2.05, 4.69) is 10.0 Å². The van der Waals surface area contributed by atoms with Gasteiger partial charge in [0.05, 0.1) is 12.0 Å². The average molecular weight is 421 g/mol. The van der Waals surface area contributed by atoms with E-state index in [1.165, 1.54) is 31.4 Å². The first-order valence-electron chi connectivity index (χ1n) is 9.43. The predicted octanol–water partition coefficient (Wildman–Crippen LogP) is 2.81. The molecule has 2 unspecified atom stereocenters. The molecular formula is C21H25FN2O4S. The van der Waals surface area contributed by atoms with Gasteiger partial charge in [-0.1, -0.05) is 26.0 Å². The van der Waals surface area contributed by atoms with Crippen LogP contribution in [0.5, 0.6) is 5.75 Å². The van der Waals surface area contributed by atoms with Crippen LogP contribution in [0.4, 0.5) is 4.39 Å². The van der Waals surface area contributed by atoms with Gasteiger partial charge in [0.2, 0.25) is 15.9 Å². The van der Waals surface area contributed by atoms with Gasteiger partial charge in [-0.15, -0.1) is 0 Å². The molecule has 3 atom stereocenters. The van der Waals surface area contributed by atoms with Crippen molar-refractivity contribution in [2.75, 3.05) is 7.11 Å². The van der Waals surface area contributed by atoms with Crippen LogP contribution in [0.1, 0.15) is 31.7 Å². The van der Waals surface area contributed by atoms with Crippen LogP contribution in [0.2, 0.25) is 0 Å². The Kier molecular flexibility index (Phi) is 6.24. The molecule has 0 radical (unpaired) electrons. The molecule has 0 aliphatic heterocycles. The molecule has 8 heteroatoms. The second kappa shape index (κ2) is 8.51. The summed E-state index contributed by atoms with van der Waals surface area (Å²) in [5, 5.41) is 2.89. The largest absolute Gasteiger partial charge is 0.497 e. The minimum Gasteiger partial charge on any atom is -0.497 e. The van der Waals surface area contributed by atoms with Gasteiger partial charge in [-0.2, -0.15) is 4.72 Å². The van der Waals surface area contributed by atoms with Gasteiger partial charge in [0.25, 0.3) is 0 Å². The predicted molar refractivity (Wildman–Crippen MR) is 108 cm³/mol. The molecule has 0 heterocycles. The van der Waals surface area contributed by atoms with Crippen LogP contribution in [0.3, 0.4) is 0 Å². The van der Waals surface area contributed by atoms with Crippen molar-refractivity contribution in [3.63, 3.8) is 0 Å². The highest BCUT2D eigenvalue weighted by molar-refractivity contribution is 7.89. The lowest BCUT2D eigenvalue weighted by molar-refractivity contribution is -0.123. The lowest BCUT2D eigenvalue weighted by Crippen LogP contribution is -2.50. The molecule has 1 saturated carbocycles. The number of carbonyl (C=O) groups is 1. The van der Waals surface area contributed by atoms with E-state index in [-0.39, 0.29) is 34.5 Å². The molecule has 0 bridgehead atoms. The van der Waals surface area contributed by atoms with Crippen molar-refractivity contribution >= 4 is 15.9 Å². The quantitative estimate of drug-likeness (QED) is 0.688. The monoisotopic (exact) mass is 420 g/mol. The summed E-state index contributed by atoms with van der Waals surface area (Å²) in [7, 11) is -2.38. The summed E-state index contributed by atoms with van der Waals surface area (Å²) < 4.78 is 46.3. The van der Waals surface area contributed by atoms with E-state index in [4.69, 9.17) is 4.74 Å². The van der Waals surface area contributed by atoms with E-state index in [9.17, 15) is 17.6 Å². The maximum absolute atomic E-state index is 13.4. The number of methoxy groups -OCH3 is 1. The van der Waals surface area contributed by atoms with Gasteiger partial charge < -0.3 is 10.1 Å². The second-order valence-corrected chi connectivity index (χ2v) is 9.24. The Morgan fingerprint density at radius 1 is 1.17 bits per heavy atom. The topological polar surface area (TPSA) is 84.5 Å². The van der Waals surface area contributed by atoms with Crippen LogP contribution < -0.4 is 14.8 Å². The van der Waals surface area contributed by atoms with Gasteiger partial charge in [0.1, 0.15) is 17.6 Å². The minimum atomic E-state index is -3.88. The van der Waals surface area contributed by atoms with Gasteiger partial charge in [0, 0.05) is 12.0 Å². The molecule has 29 heavy (non-hydrogen) atoms. The van der Waals surface area contributed by atoms with Gasteiger partial charge in [0.15, 0.2) is 0 Å². The van der Waals surface area contributed by atoms with Crippen LogP contribution in [-0.2, 0) is 14.8 Å². The summed E-state index contributed by atoms with van der Waals surface area (Å²) in [5.41, 5.74) is 0.829. The van der Waals surface area contributed by atoms with E-state index in [0.717, 1.165) is 5.56 Å². The number of ether oxygens (including phenoxy) is 1. The van der Waals surface area contributed by atoms with Gasteiger partial charge in [-0.3, -0.25) is 4.79 Å². The molecule has 0 aromatic heterocycles. The van der Waals surface area contributed by atoms with E-state index in [1.807, 2.05) is 6.07 Å². The molecular weight excluding hydrogens is 395 g/mol. The summed E-state index contributed by atoms with van der Waals surface area (Å²) in [6.07, 6.45) is 0.700. The Hall–Kier alpha value is -2.45. The summed E-state index contributed by atoms with van der Waals surface area (Å²) in [5.74, 6) is -0.373. The first-order chi connectivity index (χ1) is 13.7. The standard InChI is InChI=1S/C21H25FN2O4S/c1-13(2)20(24-29(26,27)17-9-7-16(28-3)8-10-17)21(25)23-19-12-18(19)14-5-4-6-15(22)11-14/h4-11,13,18-20,24H,12H2,1-3H3,(H,23,25)/t18?,19?,20-/m0/s1. The molecule has 2 aromatic rings.